The second kappa shape index (κ2) is 8.26. The molecule has 0 spiro atoms. The number of nitrogens with one attached hydrogen (secondary N) is 1. The average molecular weight is 386 g/mol. The summed E-state index contributed by atoms with van der Waals surface area (Å²) in [6, 6.07) is 7.43. The largest absolute Gasteiger partial charge is 0.369 e. The van der Waals surface area contributed by atoms with E-state index < -0.39 is 0 Å². The molecule has 3 N–H and O–H groups in total. The standard InChI is InChI=1S/C20H27FN6O/c21-17-3-1-2-4-19(17)26-11-9-15(10-12-26)23-20(28)18-13-27(25-24-18)16-7-5-14(22)6-8-16/h1-4,13-16H,5-12,22H2,(H,23,28). The molecule has 1 aliphatic carbocycles. The van der Waals surface area contributed by atoms with Crippen molar-refractivity contribution in [1.82, 2.24) is 20.3 Å². The number of carbonyl (C=O) groups is 1. The number of halogens is 1. The molecule has 7 nitrogen and oxygen atoms in total. The smallest absolute Gasteiger partial charge is 0.273 e. The van der Waals surface area contributed by atoms with E-state index in [9.17, 15) is 9.18 Å². The van der Waals surface area contributed by atoms with E-state index in [4.69, 9.17) is 5.73 Å². The highest BCUT2D eigenvalue weighted by atomic mass is 19.1. The predicted molar refractivity (Wildman–Crippen MR) is 105 cm³/mol. The fraction of sp³-hybridized carbons (Fsp3) is 0.550. The van der Waals surface area contributed by atoms with Gasteiger partial charge in [0.25, 0.3) is 5.91 Å². The Morgan fingerprint density at radius 3 is 2.54 bits per heavy atom. The zero-order valence-corrected chi connectivity index (χ0v) is 15.9. The molecule has 0 atom stereocenters. The molecule has 28 heavy (non-hydrogen) atoms. The number of hydrogen-bond donors (Lipinski definition) is 2. The van der Waals surface area contributed by atoms with E-state index >= 15 is 0 Å². The van der Waals surface area contributed by atoms with Gasteiger partial charge in [-0.15, -0.1) is 5.10 Å². The number of hydrogen-bond acceptors (Lipinski definition) is 5. The lowest BCUT2D eigenvalue weighted by Gasteiger charge is -2.34. The van der Waals surface area contributed by atoms with E-state index in [1.807, 2.05) is 15.6 Å². The Morgan fingerprint density at radius 2 is 1.82 bits per heavy atom. The van der Waals surface area contributed by atoms with E-state index in [-0.39, 0.29) is 29.8 Å². The van der Waals surface area contributed by atoms with Crippen molar-refractivity contribution in [3.8, 4) is 0 Å². The minimum atomic E-state index is -0.203. The number of carbonyl (C=O) groups excluding carboxylic acids is 1. The Kier molecular flexibility index (Phi) is 5.57. The van der Waals surface area contributed by atoms with Crippen molar-refractivity contribution >= 4 is 11.6 Å². The van der Waals surface area contributed by atoms with E-state index in [1.54, 1.807) is 18.3 Å². The van der Waals surface area contributed by atoms with Gasteiger partial charge in [-0.1, -0.05) is 17.3 Å². The molecule has 1 aliphatic heterocycles. The van der Waals surface area contributed by atoms with Crippen molar-refractivity contribution in [2.45, 2.75) is 56.7 Å². The monoisotopic (exact) mass is 386 g/mol. The maximum Gasteiger partial charge on any atom is 0.273 e. The first kappa shape index (κ1) is 18.9. The number of anilines is 1. The lowest BCUT2D eigenvalue weighted by molar-refractivity contribution is 0.0926. The molecule has 1 aromatic heterocycles. The summed E-state index contributed by atoms with van der Waals surface area (Å²) in [5.74, 6) is -0.395. The van der Waals surface area contributed by atoms with Crippen LogP contribution in [0.2, 0.25) is 0 Å². The zero-order chi connectivity index (χ0) is 19.5. The molecule has 0 unspecified atom stereocenters. The van der Waals surface area contributed by atoms with Crippen LogP contribution >= 0.6 is 0 Å². The summed E-state index contributed by atoms with van der Waals surface area (Å²) in [5.41, 5.74) is 6.93. The van der Waals surface area contributed by atoms with E-state index in [2.05, 4.69) is 15.6 Å². The normalized spacial score (nSPS) is 23.6. The number of piperidine rings is 1. The molecule has 1 saturated carbocycles. The molecule has 2 fully saturated rings. The van der Waals surface area contributed by atoms with Gasteiger partial charge in [0.2, 0.25) is 0 Å². The van der Waals surface area contributed by atoms with Crippen LogP contribution in [0.25, 0.3) is 0 Å². The summed E-state index contributed by atoms with van der Waals surface area (Å²) < 4.78 is 15.8. The Morgan fingerprint density at radius 1 is 1.11 bits per heavy atom. The molecule has 8 heteroatoms. The quantitative estimate of drug-likeness (QED) is 0.841. The van der Waals surface area contributed by atoms with E-state index in [0.29, 0.717) is 24.5 Å². The second-order valence-electron chi connectivity index (χ2n) is 7.84. The van der Waals surface area contributed by atoms with Crippen LogP contribution in [-0.4, -0.2) is 46.1 Å². The Balaban J connectivity index is 1.30. The minimum Gasteiger partial charge on any atom is -0.369 e. The second-order valence-corrected chi connectivity index (χ2v) is 7.84. The van der Waals surface area contributed by atoms with Gasteiger partial charge >= 0.3 is 0 Å². The van der Waals surface area contributed by atoms with Crippen LogP contribution < -0.4 is 16.0 Å². The summed E-state index contributed by atoms with van der Waals surface area (Å²) >= 11 is 0. The molecule has 4 rings (SSSR count). The first-order valence-corrected chi connectivity index (χ1v) is 10.1. The third-order valence-electron chi connectivity index (χ3n) is 5.88. The molecule has 0 radical (unpaired) electrons. The highest BCUT2D eigenvalue weighted by Crippen LogP contribution is 2.27. The number of nitrogens with two attached hydrogens (primary N) is 1. The minimum absolute atomic E-state index is 0.0633. The number of rotatable bonds is 4. The van der Waals surface area contributed by atoms with Gasteiger partial charge in [-0.3, -0.25) is 4.79 Å². The number of aromatic nitrogens is 3. The van der Waals surface area contributed by atoms with Gasteiger partial charge < -0.3 is 16.0 Å². The number of nitrogens with zero attached hydrogens (tertiary/aromatic N) is 4. The highest BCUT2D eigenvalue weighted by molar-refractivity contribution is 5.92. The van der Waals surface area contributed by atoms with Crippen LogP contribution in [0.4, 0.5) is 10.1 Å². The van der Waals surface area contributed by atoms with Crippen molar-refractivity contribution in [1.29, 1.82) is 0 Å². The van der Waals surface area contributed by atoms with Gasteiger partial charge in [-0.05, 0) is 50.7 Å². The summed E-state index contributed by atoms with van der Waals surface area (Å²) in [6.07, 6.45) is 7.19. The number of benzene rings is 1. The zero-order valence-electron chi connectivity index (χ0n) is 15.9. The van der Waals surface area contributed by atoms with Crippen LogP contribution in [0, 0.1) is 5.82 Å². The van der Waals surface area contributed by atoms with Crippen LogP contribution in [0.5, 0.6) is 0 Å². The lowest BCUT2D eigenvalue weighted by Crippen LogP contribution is -2.45. The van der Waals surface area contributed by atoms with Crippen LogP contribution in [0.3, 0.4) is 0 Å². The molecule has 2 aliphatic rings. The van der Waals surface area contributed by atoms with Gasteiger partial charge in [-0.2, -0.15) is 0 Å². The summed E-state index contributed by atoms with van der Waals surface area (Å²) in [6.45, 7) is 1.42. The van der Waals surface area contributed by atoms with E-state index in [1.165, 1.54) is 6.07 Å². The van der Waals surface area contributed by atoms with Crippen molar-refractivity contribution in [2.75, 3.05) is 18.0 Å². The Bertz CT molecular complexity index is 809. The van der Waals surface area contributed by atoms with Gasteiger partial charge in [0, 0.05) is 25.2 Å². The average Bonchev–Trinajstić information content (AvgIpc) is 3.20. The van der Waals surface area contributed by atoms with Gasteiger partial charge in [0.1, 0.15) is 5.82 Å². The van der Waals surface area contributed by atoms with Crippen molar-refractivity contribution in [2.24, 2.45) is 5.73 Å². The number of amides is 1. The molecule has 150 valence electrons. The van der Waals surface area contributed by atoms with Crippen LogP contribution in [-0.2, 0) is 0 Å². The third kappa shape index (κ3) is 4.16. The van der Waals surface area contributed by atoms with E-state index in [0.717, 1.165) is 38.5 Å². The molecule has 2 aromatic rings. The van der Waals surface area contributed by atoms with Gasteiger partial charge in [0.15, 0.2) is 5.69 Å². The Labute approximate surface area is 164 Å². The molecule has 1 saturated heterocycles. The predicted octanol–water partition coefficient (Wildman–Crippen LogP) is 2.26. The molecule has 0 bridgehead atoms. The topological polar surface area (TPSA) is 89.1 Å². The maximum atomic E-state index is 13.9. The van der Waals surface area contributed by atoms with Crippen molar-refractivity contribution < 1.29 is 9.18 Å². The molecular weight excluding hydrogens is 359 g/mol. The molecular formula is C20H27FN6O. The summed E-state index contributed by atoms with van der Waals surface area (Å²) in [4.78, 5) is 14.6. The van der Waals surface area contributed by atoms with Crippen molar-refractivity contribution in [3.63, 3.8) is 0 Å². The summed E-state index contributed by atoms with van der Waals surface area (Å²) in [5, 5.41) is 11.3. The first-order valence-electron chi connectivity index (χ1n) is 10.1. The fourth-order valence-corrected chi connectivity index (χ4v) is 4.16. The Hall–Kier alpha value is -2.48. The number of para-hydroxylation sites is 1. The maximum absolute atomic E-state index is 13.9. The van der Waals surface area contributed by atoms with Gasteiger partial charge in [0.05, 0.1) is 17.9 Å². The van der Waals surface area contributed by atoms with Crippen LogP contribution in [0.15, 0.2) is 30.5 Å². The molecule has 1 amide bonds. The molecule has 1 aromatic carbocycles. The SMILES string of the molecule is NC1CCC(n2cc(C(=O)NC3CCN(c4ccccc4F)CC3)nn2)CC1. The van der Waals surface area contributed by atoms with Gasteiger partial charge in [-0.25, -0.2) is 9.07 Å². The fourth-order valence-electron chi connectivity index (χ4n) is 4.16. The van der Waals surface area contributed by atoms with Crippen LogP contribution in [0.1, 0.15) is 55.1 Å². The molecule has 2 heterocycles. The first-order chi connectivity index (χ1) is 13.6. The third-order valence-corrected chi connectivity index (χ3v) is 5.88. The lowest BCUT2D eigenvalue weighted by atomic mass is 9.92. The van der Waals surface area contributed by atoms with Crippen molar-refractivity contribution in [3.05, 3.63) is 42.0 Å². The summed E-state index contributed by atoms with van der Waals surface area (Å²) in [7, 11) is 0. The highest BCUT2D eigenvalue weighted by Gasteiger charge is 2.25.